The fraction of sp³-hybridized carbons (Fsp3) is 0.176. The number of benzene rings is 1. The molecule has 8 heteroatoms. The van der Waals surface area contributed by atoms with Gasteiger partial charge in [0.1, 0.15) is 0 Å². The number of aromatic nitrogens is 1. The Balaban J connectivity index is 2.10. The van der Waals surface area contributed by atoms with Crippen LogP contribution in [0.3, 0.4) is 0 Å². The maximum atomic E-state index is 10.8. The van der Waals surface area contributed by atoms with Crippen LogP contribution < -0.4 is 4.80 Å². The van der Waals surface area contributed by atoms with Crippen molar-refractivity contribution in [3.8, 4) is 11.3 Å². The Kier molecular flexibility index (Phi) is 5.20. The van der Waals surface area contributed by atoms with Crippen molar-refractivity contribution in [1.29, 1.82) is 0 Å². The van der Waals surface area contributed by atoms with Gasteiger partial charge in [-0.05, 0) is 37.4 Å². The van der Waals surface area contributed by atoms with E-state index in [4.69, 9.17) is 5.10 Å². The van der Waals surface area contributed by atoms with Crippen molar-refractivity contribution < 1.29 is 4.92 Å². The average Bonchev–Trinajstić information content (AvgIpc) is 3.26. The van der Waals surface area contributed by atoms with Gasteiger partial charge in [0.2, 0.25) is 4.80 Å². The highest BCUT2D eigenvalue weighted by molar-refractivity contribution is 7.12. The molecule has 0 bridgehead atoms. The van der Waals surface area contributed by atoms with Crippen LogP contribution in [0.15, 0.2) is 57.3 Å². The lowest BCUT2D eigenvalue weighted by Gasteiger charge is -2.05. The van der Waals surface area contributed by atoms with Gasteiger partial charge >= 0.3 is 0 Å². The molecule has 1 aromatic carbocycles. The highest BCUT2D eigenvalue weighted by Gasteiger charge is 2.11. The number of nitro groups is 1. The number of hydrogen-bond acceptors (Lipinski definition) is 6. The second-order valence-electron chi connectivity index (χ2n) is 5.16. The predicted molar refractivity (Wildman–Crippen MR) is 102 cm³/mol. The second-order valence-corrected chi connectivity index (χ2v) is 6.94. The quantitative estimate of drug-likeness (QED) is 0.379. The normalized spacial score (nSPS) is 12.6. The lowest BCUT2D eigenvalue weighted by atomic mass is 10.1. The second kappa shape index (κ2) is 7.54. The molecule has 2 aromatic heterocycles. The van der Waals surface area contributed by atoms with Gasteiger partial charge in [-0.25, -0.2) is 4.68 Å². The minimum atomic E-state index is -0.400. The van der Waals surface area contributed by atoms with Crippen molar-refractivity contribution in [3.05, 3.63) is 67.0 Å². The summed E-state index contributed by atoms with van der Waals surface area (Å²) >= 11 is 3.14. The molecule has 3 aromatic rings. The van der Waals surface area contributed by atoms with Crippen molar-refractivity contribution in [2.45, 2.75) is 13.8 Å². The first-order chi connectivity index (χ1) is 12.1. The highest BCUT2D eigenvalue weighted by Crippen LogP contribution is 2.23. The summed E-state index contributed by atoms with van der Waals surface area (Å²) in [6.07, 6.45) is 0. The first kappa shape index (κ1) is 17.2. The Labute approximate surface area is 152 Å². The third-order valence-corrected chi connectivity index (χ3v) is 5.31. The van der Waals surface area contributed by atoms with Crippen molar-refractivity contribution in [2.75, 3.05) is 6.54 Å². The summed E-state index contributed by atoms with van der Waals surface area (Å²) in [4.78, 5) is 16.8. The Morgan fingerprint density at radius 2 is 2.00 bits per heavy atom. The van der Waals surface area contributed by atoms with Gasteiger partial charge in [0.25, 0.3) is 5.69 Å². The van der Waals surface area contributed by atoms with Gasteiger partial charge in [-0.1, -0.05) is 6.07 Å². The van der Waals surface area contributed by atoms with E-state index in [2.05, 4.69) is 4.99 Å². The van der Waals surface area contributed by atoms with Crippen LogP contribution in [0.5, 0.6) is 0 Å². The largest absolute Gasteiger partial charge is 0.269 e. The molecule has 0 unspecified atom stereocenters. The van der Waals surface area contributed by atoms with Crippen molar-refractivity contribution >= 4 is 34.1 Å². The average molecular weight is 372 g/mol. The first-order valence-electron chi connectivity index (χ1n) is 7.65. The highest BCUT2D eigenvalue weighted by atomic mass is 32.1. The standard InChI is InChI=1S/C17H16N4O2S2/c1-3-18-17-20(19-12(2)16-5-4-10-24-16)15(11-25-17)13-6-8-14(9-7-13)21(22)23/h4-11H,3H2,1-2H3. The van der Waals surface area contributed by atoms with Gasteiger partial charge in [0.05, 0.1) is 21.2 Å². The maximum Gasteiger partial charge on any atom is 0.269 e. The van der Waals surface area contributed by atoms with Crippen LogP contribution in [0.4, 0.5) is 5.69 Å². The van der Waals surface area contributed by atoms with Gasteiger partial charge in [-0.3, -0.25) is 15.1 Å². The zero-order chi connectivity index (χ0) is 17.8. The van der Waals surface area contributed by atoms with Crippen LogP contribution >= 0.6 is 22.7 Å². The smallest absolute Gasteiger partial charge is 0.258 e. The predicted octanol–water partition coefficient (Wildman–Crippen LogP) is 4.38. The van der Waals surface area contributed by atoms with Gasteiger partial charge < -0.3 is 0 Å². The summed E-state index contributed by atoms with van der Waals surface area (Å²) in [5.41, 5.74) is 2.70. The van der Waals surface area contributed by atoms with E-state index >= 15 is 0 Å². The monoisotopic (exact) mass is 372 g/mol. The van der Waals surface area contributed by atoms with Gasteiger partial charge in [-0.2, -0.15) is 5.10 Å². The molecule has 0 radical (unpaired) electrons. The van der Waals surface area contributed by atoms with E-state index in [0.717, 1.165) is 26.6 Å². The molecule has 3 rings (SSSR count). The van der Waals surface area contributed by atoms with E-state index in [1.807, 2.05) is 41.4 Å². The minimum absolute atomic E-state index is 0.0715. The summed E-state index contributed by atoms with van der Waals surface area (Å²) in [7, 11) is 0. The zero-order valence-corrected chi connectivity index (χ0v) is 15.4. The van der Waals surface area contributed by atoms with E-state index in [-0.39, 0.29) is 5.69 Å². The summed E-state index contributed by atoms with van der Waals surface area (Å²) in [5, 5.41) is 19.6. The topological polar surface area (TPSA) is 72.8 Å². The number of nitro benzene ring substituents is 1. The van der Waals surface area contributed by atoms with Crippen LogP contribution in [0, 0.1) is 10.1 Å². The van der Waals surface area contributed by atoms with E-state index in [1.54, 1.807) is 23.5 Å². The van der Waals surface area contributed by atoms with E-state index in [1.165, 1.54) is 23.5 Å². The maximum absolute atomic E-state index is 10.8. The molecule has 25 heavy (non-hydrogen) atoms. The third-order valence-electron chi connectivity index (χ3n) is 3.48. The van der Waals surface area contributed by atoms with Crippen LogP contribution in [0.2, 0.25) is 0 Å². The van der Waals surface area contributed by atoms with Crippen molar-refractivity contribution in [1.82, 2.24) is 4.68 Å². The molecule has 0 fully saturated rings. The molecule has 0 N–H and O–H groups in total. The van der Waals surface area contributed by atoms with Crippen LogP contribution in [0.25, 0.3) is 11.3 Å². The Bertz CT molecular complexity index is 967. The molecule has 128 valence electrons. The fourth-order valence-corrected chi connectivity index (χ4v) is 3.84. The molecule has 0 aliphatic rings. The van der Waals surface area contributed by atoms with E-state index in [0.29, 0.717) is 6.54 Å². The number of hydrogen-bond donors (Lipinski definition) is 0. The summed E-state index contributed by atoms with van der Waals surface area (Å²) in [6.45, 7) is 4.60. The molecular formula is C17H16N4O2S2. The summed E-state index contributed by atoms with van der Waals surface area (Å²) in [6, 6.07) is 10.5. The molecule has 0 atom stereocenters. The number of thiazole rings is 1. The van der Waals surface area contributed by atoms with Crippen molar-refractivity contribution in [2.24, 2.45) is 10.1 Å². The Morgan fingerprint density at radius 3 is 2.60 bits per heavy atom. The fourth-order valence-electron chi connectivity index (χ4n) is 2.28. The van der Waals surface area contributed by atoms with Crippen LogP contribution in [0.1, 0.15) is 18.7 Å². The van der Waals surface area contributed by atoms with Crippen molar-refractivity contribution in [3.63, 3.8) is 0 Å². The van der Waals surface area contributed by atoms with E-state index in [9.17, 15) is 10.1 Å². The Morgan fingerprint density at radius 1 is 1.24 bits per heavy atom. The molecule has 0 aliphatic carbocycles. The molecule has 0 saturated heterocycles. The SMILES string of the molecule is CCN=c1scc(-c2ccc([N+](=O)[O-])cc2)n1N=C(C)c1cccs1. The number of nitrogens with zero attached hydrogens (tertiary/aromatic N) is 4. The van der Waals surface area contributed by atoms with Gasteiger partial charge in [-0.15, -0.1) is 22.7 Å². The number of thiophene rings is 1. The molecule has 6 nitrogen and oxygen atoms in total. The summed E-state index contributed by atoms with van der Waals surface area (Å²) in [5.74, 6) is 0. The zero-order valence-electron chi connectivity index (χ0n) is 13.7. The van der Waals surface area contributed by atoms with Crippen LogP contribution in [-0.4, -0.2) is 21.9 Å². The third kappa shape index (κ3) is 3.75. The lowest BCUT2D eigenvalue weighted by molar-refractivity contribution is -0.384. The lowest BCUT2D eigenvalue weighted by Crippen LogP contribution is -2.14. The molecular weight excluding hydrogens is 356 g/mol. The molecule has 0 spiro atoms. The van der Waals surface area contributed by atoms with E-state index < -0.39 is 4.92 Å². The molecule has 2 heterocycles. The van der Waals surface area contributed by atoms with Gasteiger partial charge in [0, 0.05) is 29.6 Å². The summed E-state index contributed by atoms with van der Waals surface area (Å²) < 4.78 is 1.81. The van der Waals surface area contributed by atoms with Crippen LogP contribution in [-0.2, 0) is 0 Å². The molecule has 0 saturated carbocycles. The molecule has 0 aliphatic heterocycles. The molecule has 0 amide bonds. The number of non-ortho nitro benzene ring substituents is 1. The first-order valence-corrected chi connectivity index (χ1v) is 9.41. The van der Waals surface area contributed by atoms with Gasteiger partial charge in [0.15, 0.2) is 0 Å². The Hall–Kier alpha value is -2.58. The minimum Gasteiger partial charge on any atom is -0.258 e. The number of rotatable bonds is 5.